The number of hydrogen-bond donors (Lipinski definition) is 3. The molecule has 6 nitrogen and oxygen atoms in total. The average molecular weight is 234 g/mol. The number of ether oxygens (including phenoxy) is 1. The summed E-state index contributed by atoms with van der Waals surface area (Å²) in [6.45, 7) is -0.178. The van der Waals surface area contributed by atoms with E-state index in [0.29, 0.717) is 11.6 Å². The molecule has 90 valence electrons. The van der Waals surface area contributed by atoms with Crippen LogP contribution >= 0.6 is 0 Å². The van der Waals surface area contributed by atoms with Crippen molar-refractivity contribution in [3.8, 4) is 5.75 Å². The van der Waals surface area contributed by atoms with E-state index in [2.05, 4.69) is 15.2 Å². The molecule has 4 N–H and O–H groups in total. The van der Waals surface area contributed by atoms with Crippen LogP contribution in [0.3, 0.4) is 0 Å². The first-order valence-electron chi connectivity index (χ1n) is 5.16. The predicted octanol–water partition coefficient (Wildman–Crippen LogP) is 0.354. The number of benzene rings is 1. The minimum absolute atomic E-state index is 0.178. The first kappa shape index (κ1) is 11.6. The van der Waals surface area contributed by atoms with Crippen LogP contribution in [0.15, 0.2) is 24.3 Å². The van der Waals surface area contributed by atoms with Crippen molar-refractivity contribution in [3.63, 3.8) is 0 Å². The highest BCUT2D eigenvalue weighted by molar-refractivity contribution is 5.31. The molecule has 2 rings (SSSR count). The second-order valence-electron chi connectivity index (χ2n) is 3.55. The zero-order chi connectivity index (χ0) is 12.3. The van der Waals surface area contributed by atoms with Gasteiger partial charge in [0.15, 0.2) is 5.82 Å². The second kappa shape index (κ2) is 4.94. The summed E-state index contributed by atoms with van der Waals surface area (Å²) >= 11 is 0. The first-order chi connectivity index (χ1) is 8.24. The van der Waals surface area contributed by atoms with Crippen molar-refractivity contribution in [2.24, 2.45) is 5.73 Å². The number of nitrogens with two attached hydrogens (primary N) is 1. The Kier molecular flexibility index (Phi) is 3.36. The SMILES string of the molecule is COc1ccc([C@H](N)c2n[nH]c(CO)n2)cc1. The maximum Gasteiger partial charge on any atom is 0.171 e. The second-order valence-corrected chi connectivity index (χ2v) is 3.55. The third-order valence-electron chi connectivity index (χ3n) is 2.45. The summed E-state index contributed by atoms with van der Waals surface area (Å²) < 4.78 is 5.06. The molecule has 17 heavy (non-hydrogen) atoms. The van der Waals surface area contributed by atoms with E-state index < -0.39 is 6.04 Å². The number of aromatic amines is 1. The van der Waals surface area contributed by atoms with Crippen molar-refractivity contribution >= 4 is 0 Å². The lowest BCUT2D eigenvalue weighted by Crippen LogP contribution is -2.13. The minimum atomic E-state index is -0.419. The highest BCUT2D eigenvalue weighted by atomic mass is 16.5. The van der Waals surface area contributed by atoms with Gasteiger partial charge >= 0.3 is 0 Å². The number of nitrogens with one attached hydrogen (secondary N) is 1. The van der Waals surface area contributed by atoms with Gasteiger partial charge in [0.1, 0.15) is 18.2 Å². The van der Waals surface area contributed by atoms with E-state index in [1.54, 1.807) is 7.11 Å². The van der Waals surface area contributed by atoms with Gasteiger partial charge in [0.05, 0.1) is 13.2 Å². The average Bonchev–Trinajstić information content (AvgIpc) is 2.87. The van der Waals surface area contributed by atoms with Gasteiger partial charge in [-0.3, -0.25) is 5.10 Å². The smallest absolute Gasteiger partial charge is 0.171 e. The Hall–Kier alpha value is -1.92. The van der Waals surface area contributed by atoms with Gasteiger partial charge in [0.2, 0.25) is 0 Å². The third-order valence-corrected chi connectivity index (χ3v) is 2.45. The van der Waals surface area contributed by atoms with E-state index in [4.69, 9.17) is 15.6 Å². The molecule has 1 heterocycles. The molecular weight excluding hydrogens is 220 g/mol. The molecular formula is C11H14N4O2. The number of aliphatic hydroxyl groups excluding tert-OH is 1. The maximum absolute atomic E-state index is 8.88. The molecule has 1 aromatic heterocycles. The number of H-pyrrole nitrogens is 1. The quantitative estimate of drug-likeness (QED) is 0.709. The van der Waals surface area contributed by atoms with Crippen LogP contribution in [0.5, 0.6) is 5.75 Å². The summed E-state index contributed by atoms with van der Waals surface area (Å²) in [7, 11) is 1.61. The van der Waals surface area contributed by atoms with Gasteiger partial charge in [-0.05, 0) is 17.7 Å². The van der Waals surface area contributed by atoms with E-state index in [1.165, 1.54) is 0 Å². The molecule has 0 saturated heterocycles. The van der Waals surface area contributed by atoms with Gasteiger partial charge in [-0.2, -0.15) is 5.10 Å². The molecule has 0 saturated carbocycles. The fourth-order valence-corrected chi connectivity index (χ4v) is 1.48. The molecule has 0 amide bonds. The third kappa shape index (κ3) is 2.43. The van der Waals surface area contributed by atoms with Crippen LogP contribution in [0.2, 0.25) is 0 Å². The normalized spacial score (nSPS) is 12.4. The van der Waals surface area contributed by atoms with Gasteiger partial charge in [0, 0.05) is 0 Å². The van der Waals surface area contributed by atoms with Crippen LogP contribution in [-0.2, 0) is 6.61 Å². The van der Waals surface area contributed by atoms with Crippen LogP contribution in [-0.4, -0.2) is 27.4 Å². The molecule has 0 aliphatic heterocycles. The Balaban J connectivity index is 2.20. The Morgan fingerprint density at radius 3 is 2.65 bits per heavy atom. The number of methoxy groups -OCH3 is 1. The lowest BCUT2D eigenvalue weighted by molar-refractivity contribution is 0.271. The van der Waals surface area contributed by atoms with Crippen LogP contribution in [0.25, 0.3) is 0 Å². The molecule has 0 spiro atoms. The first-order valence-corrected chi connectivity index (χ1v) is 5.16. The summed E-state index contributed by atoms with van der Waals surface area (Å²) in [5.74, 6) is 1.63. The topological polar surface area (TPSA) is 97.0 Å². The highest BCUT2D eigenvalue weighted by Gasteiger charge is 2.14. The molecule has 2 aromatic rings. The Labute approximate surface area is 98.4 Å². The standard InChI is InChI=1S/C11H14N4O2/c1-17-8-4-2-7(3-5-8)10(12)11-13-9(6-16)14-15-11/h2-5,10,16H,6,12H2,1H3,(H,13,14,15)/t10-/m0/s1. The summed E-state index contributed by atoms with van der Waals surface area (Å²) in [4.78, 5) is 4.07. The van der Waals surface area contributed by atoms with Crippen LogP contribution in [0.1, 0.15) is 23.3 Å². The van der Waals surface area contributed by atoms with Crippen molar-refractivity contribution in [3.05, 3.63) is 41.5 Å². The number of hydrogen-bond acceptors (Lipinski definition) is 5. The van der Waals surface area contributed by atoms with Crippen LogP contribution in [0.4, 0.5) is 0 Å². The monoisotopic (exact) mass is 234 g/mol. The lowest BCUT2D eigenvalue weighted by atomic mass is 10.1. The molecule has 0 bridgehead atoms. The number of nitrogens with zero attached hydrogens (tertiary/aromatic N) is 2. The highest BCUT2D eigenvalue weighted by Crippen LogP contribution is 2.19. The largest absolute Gasteiger partial charge is 0.497 e. The van der Waals surface area contributed by atoms with Crippen molar-refractivity contribution < 1.29 is 9.84 Å². The Morgan fingerprint density at radius 1 is 1.41 bits per heavy atom. The summed E-state index contributed by atoms with van der Waals surface area (Å²) in [5.41, 5.74) is 6.89. The van der Waals surface area contributed by atoms with Gasteiger partial charge < -0.3 is 15.6 Å². The van der Waals surface area contributed by atoms with Crippen molar-refractivity contribution in [2.45, 2.75) is 12.6 Å². The zero-order valence-corrected chi connectivity index (χ0v) is 9.42. The molecule has 0 aliphatic rings. The molecule has 0 radical (unpaired) electrons. The fourth-order valence-electron chi connectivity index (χ4n) is 1.48. The number of aromatic nitrogens is 3. The summed E-state index contributed by atoms with van der Waals surface area (Å²) in [6, 6.07) is 6.96. The Bertz CT molecular complexity index is 480. The fraction of sp³-hybridized carbons (Fsp3) is 0.273. The summed E-state index contributed by atoms with van der Waals surface area (Å²) in [6.07, 6.45) is 0. The van der Waals surface area contributed by atoms with Gasteiger partial charge in [-0.1, -0.05) is 12.1 Å². The minimum Gasteiger partial charge on any atom is -0.497 e. The van der Waals surface area contributed by atoms with E-state index >= 15 is 0 Å². The molecule has 6 heteroatoms. The molecule has 1 aromatic carbocycles. The van der Waals surface area contributed by atoms with E-state index in [1.807, 2.05) is 24.3 Å². The van der Waals surface area contributed by atoms with E-state index in [-0.39, 0.29) is 6.61 Å². The molecule has 0 aliphatic carbocycles. The maximum atomic E-state index is 8.88. The van der Waals surface area contributed by atoms with Crippen molar-refractivity contribution in [1.29, 1.82) is 0 Å². The predicted molar refractivity (Wildman–Crippen MR) is 61.3 cm³/mol. The van der Waals surface area contributed by atoms with E-state index in [0.717, 1.165) is 11.3 Å². The molecule has 0 fully saturated rings. The summed E-state index contributed by atoms with van der Waals surface area (Å²) in [5, 5.41) is 15.4. The van der Waals surface area contributed by atoms with Gasteiger partial charge in [-0.25, -0.2) is 4.98 Å². The van der Waals surface area contributed by atoms with Gasteiger partial charge in [0.25, 0.3) is 0 Å². The molecule has 0 unspecified atom stereocenters. The van der Waals surface area contributed by atoms with Gasteiger partial charge in [-0.15, -0.1) is 0 Å². The Morgan fingerprint density at radius 2 is 2.12 bits per heavy atom. The van der Waals surface area contributed by atoms with Crippen molar-refractivity contribution in [1.82, 2.24) is 15.2 Å². The zero-order valence-electron chi connectivity index (χ0n) is 9.42. The van der Waals surface area contributed by atoms with Crippen LogP contribution in [0, 0.1) is 0 Å². The number of aliphatic hydroxyl groups is 1. The van der Waals surface area contributed by atoms with Crippen LogP contribution < -0.4 is 10.5 Å². The molecule has 1 atom stereocenters. The lowest BCUT2D eigenvalue weighted by Gasteiger charge is -2.08. The van der Waals surface area contributed by atoms with E-state index in [9.17, 15) is 0 Å². The van der Waals surface area contributed by atoms with Crippen molar-refractivity contribution in [2.75, 3.05) is 7.11 Å². The number of rotatable bonds is 4.